The maximum absolute atomic E-state index is 11.5. The summed E-state index contributed by atoms with van der Waals surface area (Å²) >= 11 is 0. The van der Waals surface area contributed by atoms with E-state index < -0.39 is 11.4 Å². The maximum atomic E-state index is 11.5. The van der Waals surface area contributed by atoms with Crippen LogP contribution < -0.4 is 10.1 Å². The van der Waals surface area contributed by atoms with Gasteiger partial charge in [0.2, 0.25) is 0 Å². The Morgan fingerprint density at radius 3 is 2.78 bits per heavy atom. The zero-order chi connectivity index (χ0) is 12.8. The van der Waals surface area contributed by atoms with Crippen molar-refractivity contribution in [1.82, 2.24) is 0 Å². The lowest BCUT2D eigenvalue weighted by molar-refractivity contribution is -0.147. The fourth-order valence-corrected chi connectivity index (χ4v) is 2.62. The Hall–Kier alpha value is -2.04. The van der Waals surface area contributed by atoms with Crippen molar-refractivity contribution in [3.05, 3.63) is 23.8 Å². The van der Waals surface area contributed by atoms with Crippen molar-refractivity contribution in [2.45, 2.75) is 24.7 Å². The molecular formula is C13H13NO4. The van der Waals surface area contributed by atoms with Gasteiger partial charge in [-0.05, 0) is 18.9 Å². The molecule has 3 rings (SSSR count). The van der Waals surface area contributed by atoms with E-state index in [9.17, 15) is 14.7 Å². The topological polar surface area (TPSA) is 75.6 Å². The van der Waals surface area contributed by atoms with Crippen LogP contribution in [0.15, 0.2) is 18.2 Å². The van der Waals surface area contributed by atoms with Crippen LogP contribution >= 0.6 is 0 Å². The van der Waals surface area contributed by atoms with Crippen molar-refractivity contribution >= 4 is 17.6 Å². The van der Waals surface area contributed by atoms with Gasteiger partial charge < -0.3 is 15.2 Å². The third kappa shape index (κ3) is 1.40. The molecule has 18 heavy (non-hydrogen) atoms. The summed E-state index contributed by atoms with van der Waals surface area (Å²) in [5.74, 6) is -0.514. The van der Waals surface area contributed by atoms with E-state index in [0.29, 0.717) is 29.8 Å². The predicted molar refractivity (Wildman–Crippen MR) is 63.7 cm³/mol. The molecule has 0 atom stereocenters. The van der Waals surface area contributed by atoms with E-state index in [4.69, 9.17) is 4.74 Å². The Kier molecular flexibility index (Phi) is 2.29. The van der Waals surface area contributed by atoms with Crippen LogP contribution in [-0.2, 0) is 15.0 Å². The highest BCUT2D eigenvalue weighted by molar-refractivity contribution is 5.96. The summed E-state index contributed by atoms with van der Waals surface area (Å²) in [6.07, 6.45) is 2.15. The molecule has 5 nitrogen and oxygen atoms in total. The summed E-state index contributed by atoms with van der Waals surface area (Å²) in [5, 5.41) is 12.2. The molecule has 0 bridgehead atoms. The van der Waals surface area contributed by atoms with Crippen LogP contribution in [0.4, 0.5) is 5.69 Å². The van der Waals surface area contributed by atoms with Crippen molar-refractivity contribution in [1.29, 1.82) is 0 Å². The van der Waals surface area contributed by atoms with Crippen molar-refractivity contribution in [2.24, 2.45) is 0 Å². The quantitative estimate of drug-likeness (QED) is 0.830. The van der Waals surface area contributed by atoms with E-state index in [1.54, 1.807) is 18.2 Å². The predicted octanol–water partition coefficient (Wildman–Crippen LogP) is 1.52. The summed E-state index contributed by atoms with van der Waals surface area (Å²) in [7, 11) is 0. The molecule has 1 saturated carbocycles. The Bertz CT molecular complexity index is 534. The lowest BCUT2D eigenvalue weighted by Gasteiger charge is -2.39. The number of nitrogens with one attached hydrogen (secondary N) is 1. The number of hydrogen-bond acceptors (Lipinski definition) is 3. The van der Waals surface area contributed by atoms with E-state index in [1.165, 1.54) is 0 Å². The number of aliphatic carboxylic acids is 1. The second-order valence-electron chi connectivity index (χ2n) is 4.76. The molecule has 1 amide bonds. The molecule has 0 radical (unpaired) electrons. The molecule has 94 valence electrons. The number of amides is 1. The number of para-hydroxylation sites is 1. The molecule has 2 N–H and O–H groups in total. The average Bonchev–Trinajstić information content (AvgIpc) is 2.26. The lowest BCUT2D eigenvalue weighted by Crippen LogP contribution is -2.43. The number of carboxylic acids is 1. The van der Waals surface area contributed by atoms with Crippen LogP contribution in [0.25, 0.3) is 0 Å². The molecule has 0 spiro atoms. The summed E-state index contributed by atoms with van der Waals surface area (Å²) < 4.78 is 5.42. The molecular weight excluding hydrogens is 234 g/mol. The molecule has 0 unspecified atom stereocenters. The third-order valence-electron chi connectivity index (χ3n) is 3.77. The highest BCUT2D eigenvalue weighted by atomic mass is 16.5. The van der Waals surface area contributed by atoms with E-state index in [1.807, 2.05) is 0 Å². The highest BCUT2D eigenvalue weighted by Gasteiger charge is 2.48. The molecule has 2 aliphatic rings. The monoisotopic (exact) mass is 247 g/mol. The smallest absolute Gasteiger partial charge is 0.314 e. The molecule has 1 aromatic rings. The van der Waals surface area contributed by atoms with Crippen molar-refractivity contribution in [2.75, 3.05) is 11.9 Å². The highest BCUT2D eigenvalue weighted by Crippen LogP contribution is 2.49. The van der Waals surface area contributed by atoms with Gasteiger partial charge in [-0.15, -0.1) is 0 Å². The standard InChI is InChI=1S/C13H13NO4/c15-10-7-18-11-8(3-1-4-9(11)14-10)13(12(16)17)5-2-6-13/h1,3-4H,2,5-7H2,(H,14,15)(H,16,17). The zero-order valence-corrected chi connectivity index (χ0v) is 9.73. The summed E-state index contributed by atoms with van der Waals surface area (Å²) in [6.45, 7) is -0.0558. The number of rotatable bonds is 2. The number of fused-ring (bicyclic) bond motifs is 1. The van der Waals surface area contributed by atoms with Gasteiger partial charge in [0.15, 0.2) is 6.61 Å². The minimum Gasteiger partial charge on any atom is -0.481 e. The minimum atomic E-state index is -0.840. The zero-order valence-electron chi connectivity index (χ0n) is 9.73. The van der Waals surface area contributed by atoms with Gasteiger partial charge in [0.05, 0.1) is 11.1 Å². The number of carbonyl (C=O) groups is 2. The van der Waals surface area contributed by atoms with Crippen LogP contribution in [0.2, 0.25) is 0 Å². The Morgan fingerprint density at radius 2 is 2.17 bits per heavy atom. The summed E-state index contributed by atoms with van der Waals surface area (Å²) in [5.41, 5.74) is 0.406. The Morgan fingerprint density at radius 1 is 1.39 bits per heavy atom. The van der Waals surface area contributed by atoms with Crippen LogP contribution in [0.3, 0.4) is 0 Å². The molecule has 1 aliphatic carbocycles. The van der Waals surface area contributed by atoms with Gasteiger partial charge in [-0.3, -0.25) is 9.59 Å². The van der Waals surface area contributed by atoms with Gasteiger partial charge in [-0.1, -0.05) is 18.6 Å². The fraction of sp³-hybridized carbons (Fsp3) is 0.385. The van der Waals surface area contributed by atoms with E-state index in [0.717, 1.165) is 6.42 Å². The Balaban J connectivity index is 2.11. The molecule has 0 aromatic heterocycles. The van der Waals surface area contributed by atoms with E-state index >= 15 is 0 Å². The first-order valence-electron chi connectivity index (χ1n) is 5.93. The van der Waals surface area contributed by atoms with E-state index in [2.05, 4.69) is 5.32 Å². The molecule has 5 heteroatoms. The first-order chi connectivity index (χ1) is 8.63. The number of carboxylic acid groups (broad SMARTS) is 1. The van der Waals surface area contributed by atoms with Crippen molar-refractivity contribution < 1.29 is 19.4 Å². The normalized spacial score (nSPS) is 20.1. The molecule has 1 aliphatic heterocycles. The lowest BCUT2D eigenvalue weighted by atomic mass is 9.64. The second kappa shape index (κ2) is 3.73. The first kappa shape index (κ1) is 11.1. The van der Waals surface area contributed by atoms with Crippen LogP contribution in [0, 0.1) is 0 Å². The van der Waals surface area contributed by atoms with Crippen molar-refractivity contribution in [3.8, 4) is 5.75 Å². The van der Waals surface area contributed by atoms with Crippen LogP contribution in [-0.4, -0.2) is 23.6 Å². The van der Waals surface area contributed by atoms with Crippen LogP contribution in [0.1, 0.15) is 24.8 Å². The summed E-state index contributed by atoms with van der Waals surface area (Å²) in [4.78, 5) is 22.8. The van der Waals surface area contributed by atoms with Gasteiger partial charge in [-0.2, -0.15) is 0 Å². The number of anilines is 1. The fourth-order valence-electron chi connectivity index (χ4n) is 2.62. The van der Waals surface area contributed by atoms with Gasteiger partial charge in [0.25, 0.3) is 5.91 Å². The first-order valence-corrected chi connectivity index (χ1v) is 5.93. The van der Waals surface area contributed by atoms with Crippen LogP contribution in [0.5, 0.6) is 5.75 Å². The Labute approximate surface area is 104 Å². The minimum absolute atomic E-state index is 0.0558. The average molecular weight is 247 g/mol. The number of benzene rings is 1. The maximum Gasteiger partial charge on any atom is 0.314 e. The number of hydrogen-bond donors (Lipinski definition) is 2. The van der Waals surface area contributed by atoms with Crippen molar-refractivity contribution in [3.63, 3.8) is 0 Å². The SMILES string of the molecule is O=C1COc2c(cccc2C2(C(=O)O)CCC2)N1. The van der Waals surface area contributed by atoms with Gasteiger partial charge in [0, 0.05) is 5.56 Å². The number of carbonyl (C=O) groups excluding carboxylic acids is 1. The number of ether oxygens (including phenoxy) is 1. The van der Waals surface area contributed by atoms with E-state index in [-0.39, 0.29) is 12.5 Å². The largest absolute Gasteiger partial charge is 0.481 e. The van der Waals surface area contributed by atoms with Gasteiger partial charge >= 0.3 is 5.97 Å². The third-order valence-corrected chi connectivity index (χ3v) is 3.77. The summed E-state index contributed by atoms with van der Waals surface area (Å²) in [6, 6.07) is 5.26. The van der Waals surface area contributed by atoms with Gasteiger partial charge in [0.1, 0.15) is 5.75 Å². The van der Waals surface area contributed by atoms with Gasteiger partial charge in [-0.25, -0.2) is 0 Å². The second-order valence-corrected chi connectivity index (χ2v) is 4.76. The molecule has 1 heterocycles. The molecule has 1 fully saturated rings. The molecule has 0 saturated heterocycles. The molecule has 1 aromatic carbocycles.